The van der Waals surface area contributed by atoms with Crippen LogP contribution in [0.15, 0.2) is 204 Å². The van der Waals surface area contributed by atoms with Gasteiger partial charge in [0.2, 0.25) is 5.91 Å². The Kier molecular flexibility index (Phi) is 46.1. The van der Waals surface area contributed by atoms with Gasteiger partial charge in [-0.15, -0.1) is 6.58 Å². The van der Waals surface area contributed by atoms with Gasteiger partial charge in [0.05, 0.1) is 25.2 Å². The van der Waals surface area contributed by atoms with E-state index in [-0.39, 0.29) is 91.6 Å². The molecule has 0 aromatic heterocycles. The summed E-state index contributed by atoms with van der Waals surface area (Å²) < 4.78 is 51.0. The van der Waals surface area contributed by atoms with Crippen LogP contribution in [0.1, 0.15) is 186 Å². The zero-order valence-electron chi connectivity index (χ0n) is 69.4. The monoisotopic (exact) mass is 1580 g/mol. The van der Waals surface area contributed by atoms with Gasteiger partial charge in [-0.3, -0.25) is 14.4 Å². The summed E-state index contributed by atoms with van der Waals surface area (Å²) in [6, 6.07) is 34.1. The summed E-state index contributed by atoms with van der Waals surface area (Å²) in [5.74, 6) is 0.191. The molecule has 0 radical (unpaired) electrons. The predicted molar refractivity (Wildman–Crippen MR) is 447 cm³/mol. The third-order valence-electron chi connectivity index (χ3n) is 21.5. The number of unbranched alkanes of at least 4 members (excludes halogenated alkanes) is 6. The van der Waals surface area contributed by atoms with Gasteiger partial charge in [0.1, 0.15) is 56.7 Å². The number of ether oxygens (including phenoxy) is 10. The number of aliphatic hydroxyl groups excluding tert-OH is 1. The molecule has 1 N–H and O–H groups in total. The normalized spacial score (nSPS) is 19.6. The lowest BCUT2D eigenvalue weighted by molar-refractivity contribution is -0.169. The van der Waals surface area contributed by atoms with Gasteiger partial charge in [-0.25, -0.2) is 24.0 Å². The van der Waals surface area contributed by atoms with Crippen molar-refractivity contribution in [3.8, 4) is 11.5 Å². The van der Waals surface area contributed by atoms with Crippen LogP contribution in [0.5, 0.6) is 11.5 Å². The molecule has 1 amide bonds. The Bertz CT molecular complexity index is 3670. The van der Waals surface area contributed by atoms with Crippen molar-refractivity contribution in [2.24, 2.45) is 28.1 Å². The molecule has 4 aliphatic carbocycles. The highest BCUT2D eigenvalue weighted by Crippen LogP contribution is 2.66. The van der Waals surface area contributed by atoms with Crippen molar-refractivity contribution in [2.75, 3.05) is 72.7 Å². The first kappa shape index (κ1) is 98.4. The van der Waals surface area contributed by atoms with Gasteiger partial charge in [0.25, 0.3) is 0 Å². The maximum atomic E-state index is 13.2. The number of esters is 6. The first-order chi connectivity index (χ1) is 54.5. The highest BCUT2D eigenvalue weighted by Gasteiger charge is 2.63. The summed E-state index contributed by atoms with van der Waals surface area (Å²) in [6.45, 7) is 50.2. The number of rotatable bonds is 35. The number of para-hydroxylation sites is 1. The summed E-state index contributed by atoms with van der Waals surface area (Å²) in [7, 11) is 0. The summed E-state index contributed by atoms with van der Waals surface area (Å²) >= 11 is 0. The number of ketones is 1. The summed E-state index contributed by atoms with van der Waals surface area (Å²) in [5.41, 5.74) is 6.74. The molecule has 2 bridgehead atoms. The van der Waals surface area contributed by atoms with Crippen molar-refractivity contribution in [3.05, 3.63) is 232 Å². The SMILES string of the molecule is C=C(C)C(=O)OCCOc1ccccc1.C=CC(=O)COC(=O)C=C.C=CC(=O)N1CCOCC1.C=CC(=O)OC1CC2CCC1(C)C2(C)C.C=CC(=O)OCC(O)COC(=O)C1(C)CCCC2(C)c3ccc(C(C)C)cc3CCC12.C=CC(=O)OCc1ccccc1.C=CCOCOc1ccc(CCCCCCCCC)cc1. The molecular formula is C94H129NO19. The Morgan fingerprint density at radius 3 is 1.79 bits per heavy atom. The van der Waals surface area contributed by atoms with Crippen LogP contribution in [-0.4, -0.2) is 142 Å². The van der Waals surface area contributed by atoms with Crippen LogP contribution >= 0.6 is 0 Å². The van der Waals surface area contributed by atoms with Crippen molar-refractivity contribution in [2.45, 2.75) is 195 Å². The number of hydrogen-bond acceptors (Lipinski definition) is 19. The van der Waals surface area contributed by atoms with E-state index in [1.165, 1.54) is 98.6 Å². The minimum atomic E-state index is -1.05. The third-order valence-corrected chi connectivity index (χ3v) is 21.5. The maximum absolute atomic E-state index is 13.2. The first-order valence-electron chi connectivity index (χ1n) is 39.8. The highest BCUT2D eigenvalue weighted by atomic mass is 16.7. The molecule has 1 aliphatic heterocycles. The molecule has 1 heterocycles. The number of carbonyl (C=O) groups is 8. The van der Waals surface area contributed by atoms with Gasteiger partial charge in [-0.05, 0) is 164 Å². The summed E-state index contributed by atoms with van der Waals surface area (Å²) in [5, 5.41) is 10.0. The van der Waals surface area contributed by atoms with Crippen LogP contribution in [0.25, 0.3) is 0 Å². The molecule has 624 valence electrons. The topological polar surface area (TPSA) is 252 Å². The minimum absolute atomic E-state index is 0.00306. The molecule has 114 heavy (non-hydrogen) atoms. The van der Waals surface area contributed by atoms with Gasteiger partial charge in [-0.1, -0.05) is 224 Å². The average molecular weight is 1580 g/mol. The van der Waals surface area contributed by atoms with E-state index < -0.39 is 23.5 Å². The first-order valence-corrected chi connectivity index (χ1v) is 39.8. The zero-order valence-corrected chi connectivity index (χ0v) is 69.4. The molecule has 1 saturated heterocycles. The van der Waals surface area contributed by atoms with Gasteiger partial charge in [0.15, 0.2) is 19.2 Å². The van der Waals surface area contributed by atoms with E-state index in [0.29, 0.717) is 68.9 Å². The fraction of sp³-hybridized carbons (Fsp3) is 0.489. The molecule has 7 unspecified atom stereocenters. The molecule has 0 spiro atoms. The van der Waals surface area contributed by atoms with Gasteiger partial charge >= 0.3 is 35.8 Å². The lowest BCUT2D eigenvalue weighted by atomic mass is 9.49. The van der Waals surface area contributed by atoms with Gasteiger partial charge in [-0.2, -0.15) is 0 Å². The van der Waals surface area contributed by atoms with Crippen LogP contribution in [0.2, 0.25) is 0 Å². The second-order valence-electron chi connectivity index (χ2n) is 30.1. The molecule has 5 aliphatic rings. The molecule has 9 rings (SSSR count). The molecule has 20 nitrogen and oxygen atoms in total. The minimum Gasteiger partial charge on any atom is -0.490 e. The van der Waals surface area contributed by atoms with E-state index >= 15 is 0 Å². The van der Waals surface area contributed by atoms with E-state index in [2.05, 4.69) is 136 Å². The van der Waals surface area contributed by atoms with E-state index in [1.807, 2.05) is 79.7 Å². The van der Waals surface area contributed by atoms with E-state index in [9.17, 15) is 43.5 Å². The maximum Gasteiger partial charge on any atom is 0.333 e. The van der Waals surface area contributed by atoms with Crippen molar-refractivity contribution < 1.29 is 90.8 Å². The van der Waals surface area contributed by atoms with Crippen molar-refractivity contribution in [1.29, 1.82) is 0 Å². The second kappa shape index (κ2) is 53.3. The zero-order chi connectivity index (χ0) is 84.5. The van der Waals surface area contributed by atoms with Crippen LogP contribution in [0.3, 0.4) is 0 Å². The molecule has 20 heteroatoms. The predicted octanol–water partition coefficient (Wildman–Crippen LogP) is 17.5. The van der Waals surface area contributed by atoms with Gasteiger partial charge in [0, 0.05) is 48.4 Å². The van der Waals surface area contributed by atoms with Crippen LogP contribution < -0.4 is 9.47 Å². The number of nitrogens with zero attached hydrogens (tertiary/aromatic N) is 1. The van der Waals surface area contributed by atoms with E-state index in [1.54, 1.807) is 17.9 Å². The van der Waals surface area contributed by atoms with Crippen molar-refractivity contribution in [3.63, 3.8) is 0 Å². The van der Waals surface area contributed by atoms with E-state index in [0.717, 1.165) is 79.9 Å². The number of aliphatic hydroxyl groups is 1. The highest BCUT2D eigenvalue weighted by molar-refractivity contribution is 5.92. The summed E-state index contributed by atoms with van der Waals surface area (Å²) in [6.07, 6.45) is 26.6. The van der Waals surface area contributed by atoms with Crippen LogP contribution in [0, 0.1) is 28.1 Å². The lowest BCUT2D eigenvalue weighted by Gasteiger charge is -2.54. The Morgan fingerprint density at radius 1 is 0.623 bits per heavy atom. The van der Waals surface area contributed by atoms with Crippen molar-refractivity contribution >= 4 is 47.5 Å². The smallest absolute Gasteiger partial charge is 0.333 e. The van der Waals surface area contributed by atoms with Crippen LogP contribution in [-0.2, 0) is 101 Å². The fourth-order valence-electron chi connectivity index (χ4n) is 14.4. The number of hydrogen-bond donors (Lipinski definition) is 1. The fourth-order valence-corrected chi connectivity index (χ4v) is 14.4. The largest absolute Gasteiger partial charge is 0.490 e. The number of fused-ring (bicyclic) bond motifs is 5. The Morgan fingerprint density at radius 2 is 1.22 bits per heavy atom. The molecule has 7 atom stereocenters. The molecule has 4 aromatic carbocycles. The Balaban J connectivity index is 0.000000359. The summed E-state index contributed by atoms with van der Waals surface area (Å²) in [4.78, 5) is 90.6. The number of amides is 1. The number of morpholine rings is 1. The third kappa shape index (κ3) is 34.1. The van der Waals surface area contributed by atoms with E-state index in [4.69, 9.17) is 42.6 Å². The Hall–Kier alpha value is -9.76. The molecule has 3 saturated carbocycles. The standard InChI is InChI=1S/C26H36O5.C19H30O2.C13H20O2.C12H14O3.C10H10O2.C7H11NO2.C7H8O3/c1-6-23(28)30-15-20(27)16-31-24(29)26(5)13-7-12-25(4)21-10-8-18(17(2)3)14-19(21)9-11-22(25)26;1-3-5-6-7-8-9-10-11-18-12-14-19(15-13-18)21-17-20-16-4-2;1-5-11(14)15-10-8-9-6-7-13(10,4)12(9,2)3;1-10(2)12(13)15-9-8-14-11-6-4-3-5-7-11;1-2-10(11)12-8-9-6-4-3-5-7-9;1-2-7(9)8-3-5-10-6-4-8;1-3-6(8)5-10-7(9)4-2/h6,8,10,14,17,20,22,27H,1,7,9,11-13,15-16H2,2-5H3;4,12-15H,2-3,5-11,16-17H2,1H3;5,9-10H,1,6-8H2,2-4H3;3-7H,1,8-9H2,2H3;2-7H,1,8H2;2H,1,3-6H2;3-4H,1-2,5H2. The number of benzene rings is 4. The number of carbonyl (C=O) groups excluding carboxylic acids is 8. The second-order valence-corrected chi connectivity index (χ2v) is 30.1. The van der Waals surface area contributed by atoms with Crippen molar-refractivity contribution in [1.82, 2.24) is 4.90 Å². The van der Waals surface area contributed by atoms with Gasteiger partial charge < -0.3 is 57.4 Å². The molecule has 4 fully saturated rings. The Labute approximate surface area is 679 Å². The number of aryl methyl sites for hydroxylation is 2. The molecule has 4 aromatic rings. The lowest BCUT2D eigenvalue weighted by Crippen LogP contribution is -2.53. The molecular weight excluding hydrogens is 1450 g/mol. The van der Waals surface area contributed by atoms with Crippen LogP contribution in [0.4, 0.5) is 0 Å². The average Bonchev–Trinajstić information content (AvgIpc) is 1.45. The quantitative estimate of drug-likeness (QED) is 0.0112.